The van der Waals surface area contributed by atoms with Crippen LogP contribution in [0.1, 0.15) is 6.42 Å². The molecule has 1 heterocycles. The van der Waals surface area contributed by atoms with Gasteiger partial charge in [-0.1, -0.05) is 0 Å². The van der Waals surface area contributed by atoms with E-state index in [-0.39, 0.29) is 11.8 Å². The molecule has 3 N–H and O–H groups in total. The Labute approximate surface area is 54.8 Å². The van der Waals surface area contributed by atoms with E-state index in [1.54, 1.807) is 0 Å². The van der Waals surface area contributed by atoms with Crippen LogP contribution < -0.4 is 10.6 Å². The lowest BCUT2D eigenvalue weighted by Crippen LogP contribution is -3.04. The molecule has 0 spiro atoms. The quantitative estimate of drug-likeness (QED) is 0.401. The molecule has 0 bridgehead atoms. The summed E-state index contributed by atoms with van der Waals surface area (Å²) in [5, 5.41) is 0. The Morgan fingerprint density at radius 1 is 1.78 bits per heavy atom. The van der Waals surface area contributed by atoms with Gasteiger partial charge in [-0.3, -0.25) is 4.79 Å². The summed E-state index contributed by atoms with van der Waals surface area (Å²) in [5.41, 5.74) is 5.08. The zero-order valence-electron chi connectivity index (χ0n) is 5.39. The van der Waals surface area contributed by atoms with Gasteiger partial charge in [-0.25, -0.2) is 0 Å². The molecule has 3 nitrogen and oxygen atoms in total. The van der Waals surface area contributed by atoms with Crippen LogP contribution in [0, 0.1) is 13.0 Å². The Bertz CT molecular complexity index is 124. The number of hydrogen-bond acceptors (Lipinski definition) is 1. The minimum absolute atomic E-state index is 0.0810. The van der Waals surface area contributed by atoms with Crippen LogP contribution in [0.25, 0.3) is 0 Å². The van der Waals surface area contributed by atoms with Crippen LogP contribution in [0.15, 0.2) is 0 Å². The van der Waals surface area contributed by atoms with Crippen LogP contribution in [-0.4, -0.2) is 19.0 Å². The fourth-order valence-electron chi connectivity index (χ4n) is 1.17. The van der Waals surface area contributed by atoms with Crippen molar-refractivity contribution in [1.29, 1.82) is 0 Å². The number of quaternary nitrogens is 1. The molecular formula is C6H12N2O. The highest BCUT2D eigenvalue weighted by Crippen LogP contribution is 2.01. The number of nitrogens with two attached hydrogens (primary N) is 1. The summed E-state index contributed by atoms with van der Waals surface area (Å²) in [7, 11) is 3.78. The summed E-state index contributed by atoms with van der Waals surface area (Å²) in [6, 6.07) is 0. The molecule has 0 saturated carbocycles. The largest absolute Gasteiger partial charge is 0.467 e. The van der Waals surface area contributed by atoms with E-state index in [0.29, 0.717) is 0 Å². The molecule has 1 fully saturated rings. The van der Waals surface area contributed by atoms with Crippen molar-refractivity contribution in [2.75, 3.05) is 13.1 Å². The number of likely N-dealkylation sites (tertiary alicyclic amines) is 1. The van der Waals surface area contributed by atoms with Gasteiger partial charge >= 0.3 is 0 Å². The number of carbonyl (C=O) groups is 1. The van der Waals surface area contributed by atoms with Gasteiger partial charge in [0.05, 0.1) is 19.0 Å². The van der Waals surface area contributed by atoms with Gasteiger partial charge in [0, 0.05) is 6.42 Å². The fraction of sp³-hybridized carbons (Fsp3) is 0.667. The summed E-state index contributed by atoms with van der Waals surface area (Å²) in [5.74, 6) is -0.0915. The van der Waals surface area contributed by atoms with Gasteiger partial charge in [-0.2, -0.15) is 7.05 Å². The van der Waals surface area contributed by atoms with Gasteiger partial charge in [0.1, 0.15) is 0 Å². The number of amides is 1. The maximum absolute atomic E-state index is 10.5. The van der Waals surface area contributed by atoms with E-state index in [4.69, 9.17) is 5.73 Å². The van der Waals surface area contributed by atoms with Crippen molar-refractivity contribution in [1.82, 2.24) is 0 Å². The normalized spacial score (nSPS) is 34.8. The minimum Gasteiger partial charge on any atom is -0.467 e. The monoisotopic (exact) mass is 128 g/mol. The first-order chi connectivity index (χ1) is 4.20. The molecule has 0 aromatic heterocycles. The lowest BCUT2D eigenvalue weighted by Gasteiger charge is -2.10. The van der Waals surface area contributed by atoms with Crippen molar-refractivity contribution in [2.24, 2.45) is 11.7 Å². The Kier molecular flexibility index (Phi) is 1.71. The van der Waals surface area contributed by atoms with Crippen LogP contribution in [0.4, 0.5) is 0 Å². The first-order valence-electron chi connectivity index (χ1n) is 3.16. The summed E-state index contributed by atoms with van der Waals surface area (Å²) in [6.45, 7) is 1.79. The van der Waals surface area contributed by atoms with Crippen molar-refractivity contribution in [3.63, 3.8) is 0 Å². The van der Waals surface area contributed by atoms with Crippen molar-refractivity contribution in [2.45, 2.75) is 6.42 Å². The van der Waals surface area contributed by atoms with Gasteiger partial charge in [0.2, 0.25) is 5.91 Å². The van der Waals surface area contributed by atoms with Crippen LogP contribution >= 0.6 is 0 Å². The van der Waals surface area contributed by atoms with Gasteiger partial charge in [-0.05, 0) is 0 Å². The predicted molar refractivity (Wildman–Crippen MR) is 33.4 cm³/mol. The molecule has 1 aliphatic rings. The third-order valence-electron chi connectivity index (χ3n) is 1.78. The second-order valence-corrected chi connectivity index (χ2v) is 2.59. The van der Waals surface area contributed by atoms with E-state index in [0.717, 1.165) is 19.5 Å². The molecule has 1 saturated heterocycles. The van der Waals surface area contributed by atoms with E-state index < -0.39 is 0 Å². The summed E-state index contributed by atoms with van der Waals surface area (Å²) in [4.78, 5) is 11.7. The minimum atomic E-state index is -0.173. The first kappa shape index (κ1) is 6.55. The molecule has 2 atom stereocenters. The summed E-state index contributed by atoms with van der Waals surface area (Å²) >= 11 is 0. The zero-order chi connectivity index (χ0) is 6.85. The maximum Gasteiger partial charge on any atom is 0.226 e. The van der Waals surface area contributed by atoms with E-state index in [1.165, 1.54) is 4.90 Å². The van der Waals surface area contributed by atoms with E-state index in [1.807, 2.05) is 0 Å². The summed E-state index contributed by atoms with van der Waals surface area (Å²) < 4.78 is 0. The van der Waals surface area contributed by atoms with Crippen LogP contribution in [0.5, 0.6) is 0 Å². The average molecular weight is 128 g/mol. The van der Waals surface area contributed by atoms with Crippen LogP contribution in [-0.2, 0) is 4.79 Å². The average Bonchev–Trinajstić information content (AvgIpc) is 2.14. The molecular weight excluding hydrogens is 116 g/mol. The number of nitrogens with one attached hydrogen (secondary N) is 1. The van der Waals surface area contributed by atoms with Crippen molar-refractivity contribution in [3.05, 3.63) is 7.05 Å². The molecule has 9 heavy (non-hydrogen) atoms. The maximum atomic E-state index is 10.5. The third-order valence-corrected chi connectivity index (χ3v) is 1.78. The van der Waals surface area contributed by atoms with Crippen molar-refractivity contribution < 1.29 is 9.69 Å². The molecule has 0 aliphatic carbocycles. The van der Waals surface area contributed by atoms with Crippen molar-refractivity contribution >= 4 is 5.91 Å². The highest BCUT2D eigenvalue weighted by molar-refractivity contribution is 5.76. The molecule has 1 unspecified atom stereocenters. The number of carbonyl (C=O) groups excluding carboxylic acids is 1. The third kappa shape index (κ3) is 1.42. The molecule has 1 amide bonds. The fourth-order valence-corrected chi connectivity index (χ4v) is 1.17. The lowest BCUT2D eigenvalue weighted by atomic mass is 10.1. The molecule has 0 aromatic rings. The zero-order valence-corrected chi connectivity index (χ0v) is 5.39. The Balaban J connectivity index is 2.39. The van der Waals surface area contributed by atoms with Crippen LogP contribution in [0.3, 0.4) is 0 Å². The molecule has 1 aliphatic heterocycles. The second kappa shape index (κ2) is 2.35. The summed E-state index contributed by atoms with van der Waals surface area (Å²) in [6.07, 6.45) is 0.911. The van der Waals surface area contributed by atoms with Gasteiger partial charge in [0.15, 0.2) is 0 Å². The Morgan fingerprint density at radius 2 is 2.44 bits per heavy atom. The Hall–Kier alpha value is -0.570. The van der Waals surface area contributed by atoms with E-state index in [2.05, 4.69) is 7.05 Å². The standard InChI is InChI=1S/C6H12N2O/c1-8-3-2-5(4-8)6(7)9/h5,8H,1-4H2,(H2,7,9)/t5-/m1/s1. The molecule has 52 valence electrons. The smallest absolute Gasteiger partial charge is 0.226 e. The molecule has 0 radical (unpaired) electrons. The van der Waals surface area contributed by atoms with E-state index >= 15 is 0 Å². The highest BCUT2D eigenvalue weighted by atomic mass is 16.1. The van der Waals surface area contributed by atoms with Gasteiger partial charge < -0.3 is 10.6 Å². The predicted octanol–water partition coefficient (Wildman–Crippen LogP) is -1.83. The first-order valence-corrected chi connectivity index (χ1v) is 3.16. The molecule has 3 heteroatoms. The van der Waals surface area contributed by atoms with E-state index in [9.17, 15) is 4.79 Å². The topological polar surface area (TPSA) is 47.5 Å². The number of rotatable bonds is 1. The lowest BCUT2D eigenvalue weighted by molar-refractivity contribution is -0.840. The Morgan fingerprint density at radius 3 is 2.67 bits per heavy atom. The SMILES string of the molecule is [CH2-][NH+]1CC[C@@H](C(N)=O)C1. The number of primary amides is 1. The number of hydrogen-bond donors (Lipinski definition) is 2. The van der Waals surface area contributed by atoms with Gasteiger partial charge in [-0.15, -0.1) is 0 Å². The second-order valence-electron chi connectivity index (χ2n) is 2.59. The molecule has 0 aromatic carbocycles. The molecule has 1 rings (SSSR count). The van der Waals surface area contributed by atoms with Gasteiger partial charge in [0.25, 0.3) is 0 Å². The highest BCUT2D eigenvalue weighted by Gasteiger charge is 2.24. The van der Waals surface area contributed by atoms with Crippen molar-refractivity contribution in [3.8, 4) is 0 Å². The van der Waals surface area contributed by atoms with Crippen LogP contribution in [0.2, 0.25) is 0 Å².